The standard InChI is InChI=1S/C12H20ClN3O/c1-12(2,3)7-9(13)8-14-11(17)10-5-6-16(4)15-10/h5-6,9H,7-8H2,1-4H3,(H,14,17). The molecule has 0 aliphatic carbocycles. The molecule has 0 aliphatic rings. The summed E-state index contributed by atoms with van der Waals surface area (Å²) in [7, 11) is 1.78. The summed E-state index contributed by atoms with van der Waals surface area (Å²) in [5, 5.41) is 6.76. The average molecular weight is 258 g/mol. The molecule has 4 nitrogen and oxygen atoms in total. The van der Waals surface area contributed by atoms with Crippen molar-refractivity contribution in [1.82, 2.24) is 15.1 Å². The van der Waals surface area contributed by atoms with Crippen LogP contribution in [-0.2, 0) is 7.05 Å². The summed E-state index contributed by atoms with van der Waals surface area (Å²) in [5.41, 5.74) is 0.592. The van der Waals surface area contributed by atoms with Crippen molar-refractivity contribution < 1.29 is 4.79 Å². The maximum Gasteiger partial charge on any atom is 0.271 e. The number of alkyl halides is 1. The van der Waals surface area contributed by atoms with E-state index in [9.17, 15) is 4.79 Å². The lowest BCUT2D eigenvalue weighted by atomic mass is 9.90. The minimum absolute atomic E-state index is 0.0531. The summed E-state index contributed by atoms with van der Waals surface area (Å²) in [6.45, 7) is 6.85. The molecule has 1 heterocycles. The molecule has 0 bridgehead atoms. The normalized spacial score (nSPS) is 13.5. The van der Waals surface area contributed by atoms with Gasteiger partial charge < -0.3 is 5.32 Å². The molecule has 1 N–H and O–H groups in total. The Morgan fingerprint density at radius 1 is 1.59 bits per heavy atom. The molecular formula is C12H20ClN3O. The molecule has 0 spiro atoms. The largest absolute Gasteiger partial charge is 0.349 e. The third kappa shape index (κ3) is 5.22. The quantitative estimate of drug-likeness (QED) is 0.841. The number of carbonyl (C=O) groups excluding carboxylic acids is 1. The molecule has 0 aromatic carbocycles. The minimum Gasteiger partial charge on any atom is -0.349 e. The fraction of sp³-hybridized carbons (Fsp3) is 0.667. The number of aromatic nitrogens is 2. The maximum absolute atomic E-state index is 11.7. The Labute approximate surface area is 107 Å². The molecule has 0 fully saturated rings. The Morgan fingerprint density at radius 3 is 2.71 bits per heavy atom. The van der Waals surface area contributed by atoms with Crippen LogP contribution in [-0.4, -0.2) is 27.6 Å². The number of nitrogens with one attached hydrogen (secondary N) is 1. The Morgan fingerprint density at radius 2 is 2.24 bits per heavy atom. The van der Waals surface area contributed by atoms with Crippen molar-refractivity contribution in [3.63, 3.8) is 0 Å². The van der Waals surface area contributed by atoms with Crippen LogP contribution in [0.3, 0.4) is 0 Å². The molecule has 17 heavy (non-hydrogen) atoms. The SMILES string of the molecule is Cn1ccc(C(=O)NCC(Cl)CC(C)(C)C)n1. The van der Waals surface area contributed by atoms with Crippen molar-refractivity contribution in [3.05, 3.63) is 18.0 Å². The van der Waals surface area contributed by atoms with E-state index in [-0.39, 0.29) is 16.7 Å². The Balaban J connectivity index is 2.38. The zero-order valence-corrected chi connectivity index (χ0v) is 11.6. The predicted octanol–water partition coefficient (Wildman–Crippen LogP) is 2.19. The zero-order chi connectivity index (χ0) is 13.1. The van der Waals surface area contributed by atoms with Gasteiger partial charge >= 0.3 is 0 Å². The van der Waals surface area contributed by atoms with E-state index in [2.05, 4.69) is 31.2 Å². The first kappa shape index (κ1) is 14.0. The van der Waals surface area contributed by atoms with Gasteiger partial charge in [0.25, 0.3) is 5.91 Å². The van der Waals surface area contributed by atoms with Gasteiger partial charge in [-0.15, -0.1) is 11.6 Å². The molecule has 1 aromatic heterocycles. The lowest BCUT2D eigenvalue weighted by molar-refractivity contribution is 0.0946. The fourth-order valence-corrected chi connectivity index (χ4v) is 2.11. The summed E-state index contributed by atoms with van der Waals surface area (Å²) in [5.74, 6) is -0.176. The van der Waals surface area contributed by atoms with Crippen LogP contribution in [0.15, 0.2) is 12.3 Å². The van der Waals surface area contributed by atoms with Crippen LogP contribution in [0.1, 0.15) is 37.7 Å². The molecule has 1 rings (SSSR count). The van der Waals surface area contributed by atoms with Gasteiger partial charge in [-0.25, -0.2) is 0 Å². The Hall–Kier alpha value is -1.03. The van der Waals surface area contributed by atoms with Gasteiger partial charge in [-0.05, 0) is 17.9 Å². The average Bonchev–Trinajstić information content (AvgIpc) is 2.58. The number of hydrogen-bond acceptors (Lipinski definition) is 2. The highest BCUT2D eigenvalue weighted by atomic mass is 35.5. The van der Waals surface area contributed by atoms with Crippen LogP contribution < -0.4 is 5.32 Å². The topological polar surface area (TPSA) is 46.9 Å². The summed E-state index contributed by atoms with van der Waals surface area (Å²) in [6.07, 6.45) is 2.60. The van der Waals surface area contributed by atoms with Gasteiger partial charge in [-0.3, -0.25) is 9.48 Å². The number of aryl methyl sites for hydroxylation is 1. The maximum atomic E-state index is 11.7. The number of rotatable bonds is 4. The Kier molecular flexibility index (Phi) is 4.57. The molecule has 96 valence electrons. The third-order valence-corrected chi connectivity index (χ3v) is 2.57. The van der Waals surface area contributed by atoms with Crippen LogP contribution in [0.4, 0.5) is 0 Å². The second-order valence-electron chi connectivity index (χ2n) is 5.45. The van der Waals surface area contributed by atoms with Gasteiger partial charge in [-0.2, -0.15) is 5.10 Å². The van der Waals surface area contributed by atoms with E-state index in [1.54, 1.807) is 24.0 Å². The number of hydrogen-bond donors (Lipinski definition) is 1. The van der Waals surface area contributed by atoms with E-state index in [4.69, 9.17) is 11.6 Å². The lowest BCUT2D eigenvalue weighted by Gasteiger charge is -2.21. The van der Waals surface area contributed by atoms with Gasteiger partial charge in [0.05, 0.1) is 5.38 Å². The van der Waals surface area contributed by atoms with Crippen LogP contribution in [0.5, 0.6) is 0 Å². The van der Waals surface area contributed by atoms with Crippen molar-refractivity contribution in [3.8, 4) is 0 Å². The fourth-order valence-electron chi connectivity index (χ4n) is 1.57. The molecule has 0 radical (unpaired) electrons. The first-order valence-electron chi connectivity index (χ1n) is 5.70. The second kappa shape index (κ2) is 5.54. The number of halogens is 1. The van der Waals surface area contributed by atoms with E-state index < -0.39 is 0 Å². The van der Waals surface area contributed by atoms with E-state index in [1.165, 1.54) is 0 Å². The van der Waals surface area contributed by atoms with Crippen molar-refractivity contribution >= 4 is 17.5 Å². The van der Waals surface area contributed by atoms with Gasteiger partial charge in [0, 0.05) is 19.8 Å². The van der Waals surface area contributed by atoms with Crippen LogP contribution in [0.2, 0.25) is 0 Å². The first-order chi connectivity index (χ1) is 7.78. The highest BCUT2D eigenvalue weighted by Gasteiger charge is 2.18. The summed E-state index contributed by atoms with van der Waals surface area (Å²) < 4.78 is 1.60. The summed E-state index contributed by atoms with van der Waals surface area (Å²) >= 11 is 6.16. The molecule has 1 amide bonds. The summed E-state index contributed by atoms with van der Waals surface area (Å²) in [6, 6.07) is 1.68. The van der Waals surface area contributed by atoms with Crippen molar-refractivity contribution in [1.29, 1.82) is 0 Å². The third-order valence-electron chi connectivity index (χ3n) is 2.26. The van der Waals surface area contributed by atoms with Crippen LogP contribution in [0, 0.1) is 5.41 Å². The van der Waals surface area contributed by atoms with E-state index >= 15 is 0 Å². The second-order valence-corrected chi connectivity index (χ2v) is 6.06. The van der Waals surface area contributed by atoms with Crippen molar-refractivity contribution in [2.45, 2.75) is 32.6 Å². The zero-order valence-electron chi connectivity index (χ0n) is 10.8. The molecule has 0 saturated carbocycles. The van der Waals surface area contributed by atoms with Crippen molar-refractivity contribution in [2.75, 3.05) is 6.54 Å². The highest BCUT2D eigenvalue weighted by molar-refractivity contribution is 6.21. The highest BCUT2D eigenvalue weighted by Crippen LogP contribution is 2.23. The lowest BCUT2D eigenvalue weighted by Crippen LogP contribution is -2.31. The molecule has 1 unspecified atom stereocenters. The monoisotopic (exact) mass is 257 g/mol. The minimum atomic E-state index is -0.176. The van der Waals surface area contributed by atoms with E-state index in [1.807, 2.05) is 0 Å². The number of nitrogens with zero attached hydrogens (tertiary/aromatic N) is 2. The van der Waals surface area contributed by atoms with Gasteiger partial charge in [0.15, 0.2) is 0 Å². The Bertz CT molecular complexity index is 381. The molecule has 1 atom stereocenters. The van der Waals surface area contributed by atoms with Crippen molar-refractivity contribution in [2.24, 2.45) is 12.5 Å². The molecular weight excluding hydrogens is 238 g/mol. The first-order valence-corrected chi connectivity index (χ1v) is 6.13. The summed E-state index contributed by atoms with van der Waals surface area (Å²) in [4.78, 5) is 11.7. The van der Waals surface area contributed by atoms with Crippen LogP contribution in [0.25, 0.3) is 0 Å². The molecule has 0 aliphatic heterocycles. The smallest absolute Gasteiger partial charge is 0.271 e. The number of carbonyl (C=O) groups is 1. The predicted molar refractivity (Wildman–Crippen MR) is 69.3 cm³/mol. The molecule has 0 saturated heterocycles. The van der Waals surface area contributed by atoms with Gasteiger partial charge in [0.2, 0.25) is 0 Å². The van der Waals surface area contributed by atoms with Gasteiger partial charge in [0.1, 0.15) is 5.69 Å². The van der Waals surface area contributed by atoms with Crippen LogP contribution >= 0.6 is 11.6 Å². The molecule has 1 aromatic rings. The number of amides is 1. The molecule has 5 heteroatoms. The van der Waals surface area contributed by atoms with E-state index in [0.29, 0.717) is 12.2 Å². The van der Waals surface area contributed by atoms with Gasteiger partial charge in [-0.1, -0.05) is 20.8 Å². The van der Waals surface area contributed by atoms with E-state index in [0.717, 1.165) is 6.42 Å².